The summed E-state index contributed by atoms with van der Waals surface area (Å²) < 4.78 is 0. The predicted octanol–water partition coefficient (Wildman–Crippen LogP) is 4.90. The Hall–Kier alpha value is -0.180. The van der Waals surface area contributed by atoms with Crippen molar-refractivity contribution in [2.75, 3.05) is 12.8 Å². The smallest absolute Gasteiger partial charge is 0.0464 e. The predicted molar refractivity (Wildman–Crippen MR) is 79.2 cm³/mol. The van der Waals surface area contributed by atoms with Crippen LogP contribution in [0.3, 0.4) is 0 Å². The molecule has 1 atom stereocenters. The Labute approximate surface area is 114 Å². The highest BCUT2D eigenvalue weighted by Crippen LogP contribution is 2.28. The molecule has 0 saturated carbocycles. The van der Waals surface area contributed by atoms with Gasteiger partial charge in [-0.2, -0.15) is 0 Å². The average molecular weight is 272 g/mol. The SMILES string of the molecule is CCCCCSc1ccc(C(C)NC)c(Cl)c1. The maximum atomic E-state index is 6.29. The van der Waals surface area contributed by atoms with Crippen LogP contribution in [-0.2, 0) is 0 Å². The second-order valence-electron chi connectivity index (χ2n) is 4.25. The summed E-state index contributed by atoms with van der Waals surface area (Å²) in [5.41, 5.74) is 1.17. The van der Waals surface area contributed by atoms with E-state index in [2.05, 4.69) is 37.4 Å². The second kappa shape index (κ2) is 8.02. The van der Waals surface area contributed by atoms with Crippen molar-refractivity contribution >= 4 is 23.4 Å². The zero-order valence-electron chi connectivity index (χ0n) is 10.9. The van der Waals surface area contributed by atoms with Crippen LogP contribution in [0, 0.1) is 0 Å². The first-order valence-electron chi connectivity index (χ1n) is 6.28. The quantitative estimate of drug-likeness (QED) is 0.559. The number of rotatable bonds is 7. The number of nitrogens with one attached hydrogen (secondary N) is 1. The van der Waals surface area contributed by atoms with Crippen LogP contribution in [-0.4, -0.2) is 12.8 Å². The molecule has 1 rings (SSSR count). The lowest BCUT2D eigenvalue weighted by Gasteiger charge is -2.13. The summed E-state index contributed by atoms with van der Waals surface area (Å²) >= 11 is 8.19. The van der Waals surface area contributed by atoms with E-state index < -0.39 is 0 Å². The van der Waals surface area contributed by atoms with E-state index in [1.165, 1.54) is 35.5 Å². The third-order valence-corrected chi connectivity index (χ3v) is 4.30. The standard InChI is InChI=1S/C14H22ClNS/c1-4-5-6-9-17-12-7-8-13(11(2)16-3)14(15)10-12/h7-8,10-11,16H,4-6,9H2,1-3H3. The Morgan fingerprint density at radius 3 is 2.71 bits per heavy atom. The van der Waals surface area contributed by atoms with Crippen LogP contribution < -0.4 is 5.32 Å². The average Bonchev–Trinajstić information content (AvgIpc) is 2.34. The fraction of sp³-hybridized carbons (Fsp3) is 0.571. The summed E-state index contributed by atoms with van der Waals surface area (Å²) in [5.74, 6) is 1.19. The van der Waals surface area contributed by atoms with Crippen LogP contribution in [0.1, 0.15) is 44.7 Å². The van der Waals surface area contributed by atoms with E-state index in [1.807, 2.05) is 18.8 Å². The van der Waals surface area contributed by atoms with Gasteiger partial charge in [0.2, 0.25) is 0 Å². The molecular weight excluding hydrogens is 250 g/mol. The molecule has 0 aliphatic heterocycles. The summed E-state index contributed by atoms with van der Waals surface area (Å²) in [5, 5.41) is 4.08. The fourth-order valence-corrected chi connectivity index (χ4v) is 3.00. The van der Waals surface area contributed by atoms with Gasteiger partial charge in [-0.1, -0.05) is 37.4 Å². The van der Waals surface area contributed by atoms with Gasteiger partial charge in [-0.3, -0.25) is 0 Å². The molecule has 3 heteroatoms. The highest BCUT2D eigenvalue weighted by atomic mass is 35.5. The van der Waals surface area contributed by atoms with Crippen molar-refractivity contribution in [2.24, 2.45) is 0 Å². The Bertz CT molecular complexity index is 341. The topological polar surface area (TPSA) is 12.0 Å². The summed E-state index contributed by atoms with van der Waals surface area (Å²) in [6, 6.07) is 6.69. The molecule has 0 spiro atoms. The van der Waals surface area contributed by atoms with Gasteiger partial charge in [0, 0.05) is 16.0 Å². The van der Waals surface area contributed by atoms with Crippen molar-refractivity contribution in [3.63, 3.8) is 0 Å². The third kappa shape index (κ3) is 4.90. The van der Waals surface area contributed by atoms with E-state index in [0.717, 1.165) is 5.02 Å². The second-order valence-corrected chi connectivity index (χ2v) is 5.82. The Morgan fingerprint density at radius 2 is 2.12 bits per heavy atom. The summed E-state index contributed by atoms with van der Waals surface area (Å²) in [4.78, 5) is 1.28. The number of benzene rings is 1. The summed E-state index contributed by atoms with van der Waals surface area (Å²) in [6.45, 7) is 4.35. The van der Waals surface area contributed by atoms with Crippen LogP contribution in [0.25, 0.3) is 0 Å². The molecule has 0 amide bonds. The lowest BCUT2D eigenvalue weighted by atomic mass is 10.1. The number of hydrogen-bond donors (Lipinski definition) is 1. The molecule has 1 aromatic carbocycles. The number of unbranched alkanes of at least 4 members (excludes halogenated alkanes) is 2. The van der Waals surface area contributed by atoms with Crippen LogP contribution in [0.4, 0.5) is 0 Å². The Kier molecular flexibility index (Phi) is 7.02. The van der Waals surface area contributed by atoms with Crippen LogP contribution in [0.5, 0.6) is 0 Å². The minimum Gasteiger partial charge on any atom is -0.313 e. The number of thioether (sulfide) groups is 1. The molecule has 0 heterocycles. The first-order valence-corrected chi connectivity index (χ1v) is 7.65. The molecule has 1 aromatic rings. The summed E-state index contributed by atoms with van der Waals surface area (Å²) in [7, 11) is 1.95. The van der Waals surface area contributed by atoms with Crippen LogP contribution >= 0.6 is 23.4 Å². The van der Waals surface area contributed by atoms with E-state index >= 15 is 0 Å². The van der Waals surface area contributed by atoms with Gasteiger partial charge in [-0.05, 0) is 43.8 Å². The molecule has 0 aromatic heterocycles. The van der Waals surface area contributed by atoms with Gasteiger partial charge in [-0.15, -0.1) is 11.8 Å². The molecule has 0 bridgehead atoms. The molecule has 1 N–H and O–H groups in total. The highest BCUT2D eigenvalue weighted by molar-refractivity contribution is 7.99. The first-order chi connectivity index (χ1) is 8.19. The lowest BCUT2D eigenvalue weighted by Crippen LogP contribution is -2.12. The number of hydrogen-bond acceptors (Lipinski definition) is 2. The van der Waals surface area contributed by atoms with Crippen LogP contribution in [0.2, 0.25) is 5.02 Å². The monoisotopic (exact) mass is 271 g/mol. The zero-order chi connectivity index (χ0) is 12.7. The molecule has 0 radical (unpaired) electrons. The fourth-order valence-electron chi connectivity index (χ4n) is 1.65. The van der Waals surface area contributed by atoms with Gasteiger partial charge in [0.15, 0.2) is 0 Å². The van der Waals surface area contributed by atoms with Crippen molar-refractivity contribution in [2.45, 2.75) is 44.0 Å². The lowest BCUT2D eigenvalue weighted by molar-refractivity contribution is 0.652. The minimum atomic E-state index is 0.307. The normalized spacial score (nSPS) is 12.7. The number of halogens is 1. The van der Waals surface area contributed by atoms with Crippen molar-refractivity contribution in [1.29, 1.82) is 0 Å². The molecular formula is C14H22ClNS. The van der Waals surface area contributed by atoms with E-state index in [4.69, 9.17) is 11.6 Å². The molecule has 96 valence electrons. The van der Waals surface area contributed by atoms with Gasteiger partial charge in [0.25, 0.3) is 0 Å². The van der Waals surface area contributed by atoms with Crippen molar-refractivity contribution < 1.29 is 0 Å². The molecule has 1 nitrogen and oxygen atoms in total. The Balaban J connectivity index is 2.56. The Morgan fingerprint density at radius 1 is 1.35 bits per heavy atom. The van der Waals surface area contributed by atoms with Gasteiger partial charge in [0.1, 0.15) is 0 Å². The van der Waals surface area contributed by atoms with Gasteiger partial charge in [-0.25, -0.2) is 0 Å². The molecule has 0 saturated heterocycles. The zero-order valence-corrected chi connectivity index (χ0v) is 12.5. The van der Waals surface area contributed by atoms with Gasteiger partial charge >= 0.3 is 0 Å². The highest BCUT2D eigenvalue weighted by Gasteiger charge is 2.08. The molecule has 0 aliphatic rings. The van der Waals surface area contributed by atoms with Gasteiger partial charge in [0.05, 0.1) is 0 Å². The maximum absolute atomic E-state index is 6.29. The first kappa shape index (κ1) is 14.9. The van der Waals surface area contributed by atoms with Crippen LogP contribution in [0.15, 0.2) is 23.1 Å². The maximum Gasteiger partial charge on any atom is 0.0464 e. The molecule has 0 aliphatic carbocycles. The van der Waals surface area contributed by atoms with Crippen molar-refractivity contribution in [3.05, 3.63) is 28.8 Å². The largest absolute Gasteiger partial charge is 0.313 e. The minimum absolute atomic E-state index is 0.307. The molecule has 17 heavy (non-hydrogen) atoms. The van der Waals surface area contributed by atoms with E-state index in [1.54, 1.807) is 0 Å². The molecule has 1 unspecified atom stereocenters. The van der Waals surface area contributed by atoms with Crippen molar-refractivity contribution in [1.82, 2.24) is 5.32 Å². The third-order valence-electron chi connectivity index (χ3n) is 2.89. The van der Waals surface area contributed by atoms with E-state index in [9.17, 15) is 0 Å². The van der Waals surface area contributed by atoms with E-state index in [-0.39, 0.29) is 0 Å². The van der Waals surface area contributed by atoms with E-state index in [0.29, 0.717) is 6.04 Å². The van der Waals surface area contributed by atoms with Gasteiger partial charge < -0.3 is 5.32 Å². The summed E-state index contributed by atoms with van der Waals surface area (Å²) in [6.07, 6.45) is 3.88. The molecule has 0 fully saturated rings. The van der Waals surface area contributed by atoms with Crippen molar-refractivity contribution in [3.8, 4) is 0 Å².